The van der Waals surface area contributed by atoms with Crippen molar-refractivity contribution in [3.05, 3.63) is 28.1 Å². The SMILES string of the molecule is Sc1ccc(Cl)c2scc(CBr)c12. The average molecular weight is 294 g/mol. The van der Waals surface area contributed by atoms with Crippen LogP contribution in [-0.2, 0) is 5.33 Å². The molecule has 0 amide bonds. The van der Waals surface area contributed by atoms with E-state index >= 15 is 0 Å². The lowest BCUT2D eigenvalue weighted by molar-refractivity contribution is 1.48. The first-order chi connectivity index (χ1) is 6.24. The Morgan fingerprint density at radius 2 is 2.23 bits per heavy atom. The van der Waals surface area contributed by atoms with E-state index in [-0.39, 0.29) is 0 Å². The normalized spacial score (nSPS) is 11.0. The fourth-order valence-corrected chi connectivity index (χ4v) is 3.61. The molecule has 0 spiro atoms. The van der Waals surface area contributed by atoms with Gasteiger partial charge in [-0.05, 0) is 23.1 Å². The number of thiophene rings is 1. The number of fused-ring (bicyclic) bond motifs is 1. The maximum atomic E-state index is 6.06. The van der Waals surface area contributed by atoms with Crippen molar-refractivity contribution in [3.8, 4) is 0 Å². The van der Waals surface area contributed by atoms with Gasteiger partial charge in [0.15, 0.2) is 0 Å². The van der Waals surface area contributed by atoms with Gasteiger partial charge in [-0.25, -0.2) is 0 Å². The molecule has 0 aliphatic heterocycles. The van der Waals surface area contributed by atoms with Gasteiger partial charge in [-0.1, -0.05) is 27.5 Å². The van der Waals surface area contributed by atoms with E-state index in [1.807, 2.05) is 12.1 Å². The summed E-state index contributed by atoms with van der Waals surface area (Å²) in [7, 11) is 0. The minimum absolute atomic E-state index is 0.810. The molecule has 0 atom stereocenters. The third kappa shape index (κ3) is 1.63. The van der Waals surface area contributed by atoms with Crippen LogP contribution in [0.5, 0.6) is 0 Å². The minimum Gasteiger partial charge on any atom is -0.143 e. The van der Waals surface area contributed by atoms with Crippen LogP contribution >= 0.6 is 51.5 Å². The van der Waals surface area contributed by atoms with Crippen LogP contribution in [0.4, 0.5) is 0 Å². The van der Waals surface area contributed by atoms with Crippen LogP contribution in [0.2, 0.25) is 5.02 Å². The van der Waals surface area contributed by atoms with E-state index < -0.39 is 0 Å². The molecule has 1 aromatic carbocycles. The molecule has 0 bridgehead atoms. The van der Waals surface area contributed by atoms with Crippen molar-refractivity contribution < 1.29 is 0 Å². The zero-order valence-electron chi connectivity index (χ0n) is 6.55. The number of rotatable bonds is 1. The number of hydrogen-bond acceptors (Lipinski definition) is 2. The summed E-state index contributed by atoms with van der Waals surface area (Å²) in [4.78, 5) is 0.995. The maximum absolute atomic E-state index is 6.06. The standard InChI is InChI=1S/C9H6BrClS2/c10-3-5-4-13-9-6(11)1-2-7(12)8(5)9/h1-2,4,12H,3H2. The number of hydrogen-bond donors (Lipinski definition) is 1. The molecule has 0 saturated carbocycles. The second-order valence-corrected chi connectivity index (χ2v) is 4.99. The van der Waals surface area contributed by atoms with Crippen molar-refractivity contribution in [2.75, 3.05) is 0 Å². The second-order valence-electron chi connectivity index (χ2n) is 2.67. The zero-order valence-corrected chi connectivity index (χ0v) is 10.6. The number of thiol groups is 1. The molecular weight excluding hydrogens is 288 g/mol. The van der Waals surface area contributed by atoms with E-state index in [4.69, 9.17) is 11.6 Å². The highest BCUT2D eigenvalue weighted by Crippen LogP contribution is 2.36. The predicted molar refractivity (Wildman–Crippen MR) is 66.7 cm³/mol. The van der Waals surface area contributed by atoms with E-state index in [9.17, 15) is 0 Å². The van der Waals surface area contributed by atoms with Gasteiger partial charge in [0.1, 0.15) is 0 Å². The Hall–Kier alpha value is 0.300. The van der Waals surface area contributed by atoms with Crippen molar-refractivity contribution in [2.45, 2.75) is 10.2 Å². The summed E-state index contributed by atoms with van der Waals surface area (Å²) in [5.74, 6) is 0. The number of benzene rings is 1. The Bertz CT molecular complexity index is 450. The Morgan fingerprint density at radius 3 is 2.92 bits per heavy atom. The second kappa shape index (κ2) is 3.81. The van der Waals surface area contributed by atoms with Crippen molar-refractivity contribution in [1.82, 2.24) is 0 Å². The molecular formula is C9H6BrClS2. The lowest BCUT2D eigenvalue weighted by Gasteiger charge is -1.99. The van der Waals surface area contributed by atoms with Crippen LogP contribution in [0.15, 0.2) is 22.4 Å². The molecule has 1 aromatic heterocycles. The highest BCUT2D eigenvalue weighted by Gasteiger charge is 2.08. The molecule has 0 unspecified atom stereocenters. The zero-order chi connectivity index (χ0) is 9.42. The Morgan fingerprint density at radius 1 is 1.46 bits per heavy atom. The summed E-state index contributed by atoms with van der Waals surface area (Å²) < 4.78 is 1.13. The van der Waals surface area contributed by atoms with E-state index in [2.05, 4.69) is 33.9 Å². The van der Waals surface area contributed by atoms with Crippen LogP contribution < -0.4 is 0 Å². The summed E-state index contributed by atoms with van der Waals surface area (Å²) in [6.45, 7) is 0. The molecule has 0 N–H and O–H groups in total. The van der Waals surface area contributed by atoms with Crippen molar-refractivity contribution in [2.24, 2.45) is 0 Å². The fourth-order valence-electron chi connectivity index (χ4n) is 1.26. The average Bonchev–Trinajstić information content (AvgIpc) is 2.56. The summed E-state index contributed by atoms with van der Waals surface area (Å²) in [6, 6.07) is 3.83. The van der Waals surface area contributed by atoms with Crippen molar-refractivity contribution in [3.63, 3.8) is 0 Å². The van der Waals surface area contributed by atoms with Crippen LogP contribution in [-0.4, -0.2) is 0 Å². The van der Waals surface area contributed by atoms with E-state index in [1.165, 1.54) is 10.9 Å². The van der Waals surface area contributed by atoms with Gasteiger partial charge in [0, 0.05) is 15.6 Å². The van der Waals surface area contributed by atoms with E-state index in [0.717, 1.165) is 19.9 Å². The summed E-state index contributed by atoms with van der Waals surface area (Å²) in [6.07, 6.45) is 0. The van der Waals surface area contributed by atoms with E-state index in [1.54, 1.807) is 11.3 Å². The Labute approximate surface area is 99.4 Å². The third-order valence-corrected chi connectivity index (χ3v) is 4.34. The Balaban J connectivity index is 2.87. The monoisotopic (exact) mass is 292 g/mol. The van der Waals surface area contributed by atoms with Crippen molar-refractivity contribution in [1.29, 1.82) is 0 Å². The smallest absolute Gasteiger partial charge is 0.0585 e. The molecule has 0 fully saturated rings. The molecule has 0 nitrogen and oxygen atoms in total. The molecule has 0 radical (unpaired) electrons. The highest BCUT2D eigenvalue weighted by atomic mass is 79.9. The van der Waals surface area contributed by atoms with Gasteiger partial charge < -0.3 is 0 Å². The molecule has 4 heteroatoms. The van der Waals surface area contributed by atoms with Gasteiger partial charge >= 0.3 is 0 Å². The molecule has 68 valence electrons. The van der Waals surface area contributed by atoms with Crippen LogP contribution in [0.1, 0.15) is 5.56 Å². The maximum Gasteiger partial charge on any atom is 0.0585 e. The topological polar surface area (TPSA) is 0 Å². The van der Waals surface area contributed by atoms with Crippen LogP contribution in [0.25, 0.3) is 10.1 Å². The predicted octanol–water partition coefficient (Wildman–Crippen LogP) is 4.74. The quantitative estimate of drug-likeness (QED) is 0.570. The molecule has 0 aliphatic rings. The van der Waals surface area contributed by atoms with Crippen LogP contribution in [0, 0.1) is 0 Å². The molecule has 2 rings (SSSR count). The molecule has 2 aromatic rings. The lowest BCUT2D eigenvalue weighted by atomic mass is 10.2. The summed E-state index contributed by atoms with van der Waals surface area (Å²) in [5, 5.41) is 4.95. The molecule has 0 saturated heterocycles. The van der Waals surface area contributed by atoms with Gasteiger partial charge in [-0.15, -0.1) is 24.0 Å². The van der Waals surface area contributed by atoms with E-state index in [0.29, 0.717) is 0 Å². The van der Waals surface area contributed by atoms with Crippen molar-refractivity contribution >= 4 is 61.6 Å². The fraction of sp³-hybridized carbons (Fsp3) is 0.111. The number of alkyl halides is 1. The van der Waals surface area contributed by atoms with Crippen LogP contribution in [0.3, 0.4) is 0 Å². The summed E-state index contributed by atoms with van der Waals surface area (Å²) in [5.41, 5.74) is 1.26. The van der Waals surface area contributed by atoms with Gasteiger partial charge in [-0.2, -0.15) is 0 Å². The minimum atomic E-state index is 0.810. The first-order valence-electron chi connectivity index (χ1n) is 3.67. The lowest BCUT2D eigenvalue weighted by Crippen LogP contribution is -1.75. The first kappa shape index (κ1) is 9.84. The molecule has 1 heterocycles. The molecule has 13 heavy (non-hydrogen) atoms. The summed E-state index contributed by atoms with van der Waals surface area (Å²) >= 11 is 15.6. The highest BCUT2D eigenvalue weighted by molar-refractivity contribution is 9.08. The van der Waals surface area contributed by atoms with Gasteiger partial charge in [0.05, 0.1) is 9.72 Å². The Kier molecular flexibility index (Phi) is 2.88. The van der Waals surface area contributed by atoms with Gasteiger partial charge in [0.2, 0.25) is 0 Å². The molecule has 0 aliphatic carbocycles. The third-order valence-electron chi connectivity index (χ3n) is 1.87. The number of halogens is 2. The largest absolute Gasteiger partial charge is 0.143 e. The van der Waals surface area contributed by atoms with Gasteiger partial charge in [-0.3, -0.25) is 0 Å². The first-order valence-corrected chi connectivity index (χ1v) is 6.50. The van der Waals surface area contributed by atoms with Gasteiger partial charge in [0.25, 0.3) is 0 Å².